The van der Waals surface area contributed by atoms with E-state index in [-0.39, 0.29) is 11.3 Å². The van der Waals surface area contributed by atoms with Crippen LogP contribution in [-0.4, -0.2) is 20.0 Å². The number of nitrogens with two attached hydrogens (primary N) is 2. The molecule has 0 aromatic heterocycles. The lowest BCUT2D eigenvalue weighted by atomic mass is 9.52. The van der Waals surface area contributed by atoms with Gasteiger partial charge >= 0.3 is 16.3 Å². The fraction of sp³-hybridized carbons (Fsp3) is 0.588. The lowest BCUT2D eigenvalue weighted by Crippen LogP contribution is -2.63. The van der Waals surface area contributed by atoms with Gasteiger partial charge in [0.25, 0.3) is 0 Å². The maximum absolute atomic E-state index is 12.3. The molecule has 5 rings (SSSR count). The molecule has 7 nitrogen and oxygen atoms in total. The highest BCUT2D eigenvalue weighted by atomic mass is 32.2. The SMILES string of the molecule is NC(=O)N(c1ccc(OS(N)(=O)=O)cc1)C12CC3CC(CC(C3)C1)C2. The number of amides is 2. The van der Waals surface area contributed by atoms with Crippen molar-refractivity contribution in [2.45, 2.75) is 44.1 Å². The van der Waals surface area contributed by atoms with Gasteiger partial charge in [0.1, 0.15) is 5.75 Å². The number of nitrogens with zero attached hydrogens (tertiary/aromatic N) is 1. The van der Waals surface area contributed by atoms with Crippen LogP contribution in [0.4, 0.5) is 10.5 Å². The molecule has 0 unspecified atom stereocenters. The summed E-state index contributed by atoms with van der Waals surface area (Å²) < 4.78 is 26.7. The second-order valence-corrected chi connectivity index (χ2v) is 9.04. The summed E-state index contributed by atoms with van der Waals surface area (Å²) >= 11 is 0. The number of rotatable bonds is 4. The van der Waals surface area contributed by atoms with Crippen molar-refractivity contribution < 1.29 is 17.4 Å². The van der Waals surface area contributed by atoms with Crippen molar-refractivity contribution in [3.8, 4) is 5.75 Å². The summed E-state index contributed by atoms with van der Waals surface area (Å²) in [4.78, 5) is 14.1. The van der Waals surface area contributed by atoms with Crippen molar-refractivity contribution in [2.75, 3.05) is 4.90 Å². The summed E-state index contributed by atoms with van der Waals surface area (Å²) in [6, 6.07) is 5.88. The van der Waals surface area contributed by atoms with Crippen molar-refractivity contribution in [3.05, 3.63) is 24.3 Å². The smallest absolute Gasteiger partial charge is 0.371 e. The molecule has 4 aliphatic rings. The topological polar surface area (TPSA) is 116 Å². The second-order valence-electron chi connectivity index (χ2n) is 7.89. The number of carbonyl (C=O) groups excluding carboxylic acids is 1. The van der Waals surface area contributed by atoms with E-state index >= 15 is 0 Å². The molecule has 4 fully saturated rings. The molecule has 136 valence electrons. The van der Waals surface area contributed by atoms with Crippen LogP contribution in [0.15, 0.2) is 24.3 Å². The zero-order valence-corrected chi connectivity index (χ0v) is 14.7. The highest BCUT2D eigenvalue weighted by Gasteiger charge is 2.54. The van der Waals surface area contributed by atoms with Crippen LogP contribution in [-0.2, 0) is 10.3 Å². The standard InChI is InChI=1S/C17H23N3O4S/c18-16(21)20(14-1-3-15(4-2-14)24-25(19,22)23)17-8-11-5-12(9-17)7-13(6-11)10-17/h1-4,11-13H,5-10H2,(H2,18,21)(H2,19,22,23). The van der Waals surface area contributed by atoms with E-state index in [4.69, 9.17) is 10.9 Å². The molecule has 4 aliphatic carbocycles. The first-order chi connectivity index (χ1) is 11.7. The minimum atomic E-state index is -4.07. The van der Waals surface area contributed by atoms with Gasteiger partial charge in [0, 0.05) is 5.69 Å². The zero-order valence-electron chi connectivity index (χ0n) is 13.9. The summed E-state index contributed by atoms with van der Waals surface area (Å²) in [6.45, 7) is 0. The summed E-state index contributed by atoms with van der Waals surface area (Å²) in [5.74, 6) is 2.15. The fourth-order valence-electron chi connectivity index (χ4n) is 5.76. The molecule has 0 spiro atoms. The molecule has 0 aliphatic heterocycles. The van der Waals surface area contributed by atoms with Crippen molar-refractivity contribution in [2.24, 2.45) is 28.6 Å². The number of anilines is 1. The lowest BCUT2D eigenvalue weighted by Gasteiger charge is -2.60. The monoisotopic (exact) mass is 365 g/mol. The summed E-state index contributed by atoms with van der Waals surface area (Å²) in [5, 5.41) is 4.88. The van der Waals surface area contributed by atoms with Gasteiger partial charge in [0.2, 0.25) is 0 Å². The molecule has 1 aromatic carbocycles. The minimum Gasteiger partial charge on any atom is -0.371 e. The van der Waals surface area contributed by atoms with Gasteiger partial charge in [-0.3, -0.25) is 4.90 Å². The van der Waals surface area contributed by atoms with Crippen LogP contribution >= 0.6 is 0 Å². The highest BCUT2D eigenvalue weighted by molar-refractivity contribution is 7.84. The van der Waals surface area contributed by atoms with Gasteiger partial charge in [-0.1, -0.05) is 0 Å². The average Bonchev–Trinajstić information content (AvgIpc) is 2.45. The molecule has 25 heavy (non-hydrogen) atoms. The van der Waals surface area contributed by atoms with Crippen LogP contribution in [0.3, 0.4) is 0 Å². The van der Waals surface area contributed by atoms with E-state index in [1.807, 2.05) is 0 Å². The molecule has 4 bridgehead atoms. The van der Waals surface area contributed by atoms with Gasteiger partial charge in [-0.25, -0.2) is 4.79 Å². The van der Waals surface area contributed by atoms with Crippen molar-refractivity contribution in [1.82, 2.24) is 0 Å². The fourth-order valence-corrected chi connectivity index (χ4v) is 6.14. The summed E-state index contributed by atoms with van der Waals surface area (Å²) in [5.41, 5.74) is 6.24. The first-order valence-electron chi connectivity index (χ1n) is 8.66. The van der Waals surface area contributed by atoms with E-state index in [1.165, 1.54) is 31.4 Å². The zero-order chi connectivity index (χ0) is 17.8. The molecular weight excluding hydrogens is 342 g/mol. The van der Waals surface area contributed by atoms with Gasteiger partial charge in [-0.2, -0.15) is 13.6 Å². The molecule has 0 saturated heterocycles. The number of primary amides is 1. The Morgan fingerprint density at radius 1 is 1.04 bits per heavy atom. The maximum atomic E-state index is 12.3. The van der Waals surface area contributed by atoms with Crippen LogP contribution < -0.4 is 20.0 Å². The van der Waals surface area contributed by atoms with Gasteiger partial charge < -0.3 is 9.92 Å². The Kier molecular flexibility index (Phi) is 3.73. The van der Waals surface area contributed by atoms with Crippen LogP contribution in [0.2, 0.25) is 0 Å². The third-order valence-corrected chi connectivity index (χ3v) is 6.43. The number of benzene rings is 1. The van der Waals surface area contributed by atoms with Gasteiger partial charge in [-0.15, -0.1) is 0 Å². The van der Waals surface area contributed by atoms with Crippen molar-refractivity contribution >= 4 is 22.0 Å². The van der Waals surface area contributed by atoms with Gasteiger partial charge in [0.05, 0.1) is 5.54 Å². The number of hydrogen-bond acceptors (Lipinski definition) is 4. The van der Waals surface area contributed by atoms with E-state index in [1.54, 1.807) is 17.0 Å². The third-order valence-electron chi connectivity index (χ3n) is 6.01. The predicted octanol–water partition coefficient (Wildman–Crippen LogP) is 2.12. The van der Waals surface area contributed by atoms with E-state index in [9.17, 15) is 13.2 Å². The van der Waals surface area contributed by atoms with Crippen LogP contribution in [0.5, 0.6) is 5.75 Å². The van der Waals surface area contributed by atoms with E-state index < -0.39 is 16.3 Å². The minimum absolute atomic E-state index is 0.112. The Bertz CT molecular complexity index is 755. The highest BCUT2D eigenvalue weighted by Crippen LogP contribution is 2.58. The van der Waals surface area contributed by atoms with E-state index in [0.717, 1.165) is 19.3 Å². The second kappa shape index (κ2) is 5.60. The van der Waals surface area contributed by atoms with E-state index in [2.05, 4.69) is 4.18 Å². The van der Waals surface area contributed by atoms with E-state index in [0.29, 0.717) is 23.4 Å². The molecule has 4 N–H and O–H groups in total. The lowest BCUT2D eigenvalue weighted by molar-refractivity contribution is -0.000204. The number of hydrogen-bond donors (Lipinski definition) is 2. The van der Waals surface area contributed by atoms with Crippen LogP contribution in [0, 0.1) is 17.8 Å². The van der Waals surface area contributed by atoms with Gasteiger partial charge in [0.15, 0.2) is 0 Å². The predicted molar refractivity (Wildman–Crippen MR) is 93.1 cm³/mol. The first kappa shape index (κ1) is 16.7. The van der Waals surface area contributed by atoms with Crippen molar-refractivity contribution in [1.29, 1.82) is 0 Å². The Morgan fingerprint density at radius 2 is 1.52 bits per heavy atom. The molecule has 2 amide bonds. The maximum Gasteiger partial charge on any atom is 0.380 e. The summed E-state index contributed by atoms with van der Waals surface area (Å²) in [7, 11) is -4.07. The normalized spacial score (nSPS) is 33.2. The van der Waals surface area contributed by atoms with Crippen molar-refractivity contribution in [3.63, 3.8) is 0 Å². The molecule has 0 radical (unpaired) electrons. The third kappa shape index (κ3) is 3.08. The largest absolute Gasteiger partial charge is 0.380 e. The Labute approximate surface area is 147 Å². The first-order valence-corrected chi connectivity index (χ1v) is 10.1. The van der Waals surface area contributed by atoms with Crippen LogP contribution in [0.1, 0.15) is 38.5 Å². The summed E-state index contributed by atoms with van der Waals surface area (Å²) in [6.07, 6.45) is 6.80. The molecule has 0 atom stereocenters. The molecule has 0 heterocycles. The Morgan fingerprint density at radius 3 is 1.92 bits per heavy atom. The quantitative estimate of drug-likeness (QED) is 0.850. The average molecular weight is 365 g/mol. The Hall–Kier alpha value is -1.80. The number of urea groups is 1. The van der Waals surface area contributed by atoms with Gasteiger partial charge in [-0.05, 0) is 80.5 Å². The van der Waals surface area contributed by atoms with Crippen LogP contribution in [0.25, 0.3) is 0 Å². The Balaban J connectivity index is 1.65. The molecule has 8 heteroatoms. The molecular formula is C17H23N3O4S. The molecule has 4 saturated carbocycles. The number of carbonyl (C=O) groups is 1. The molecule has 1 aromatic rings.